The third-order valence-corrected chi connectivity index (χ3v) is 41.8. The summed E-state index contributed by atoms with van der Waals surface area (Å²) in [5, 5.41) is 20.6. The monoisotopic (exact) mass is 1700 g/mol. The summed E-state index contributed by atoms with van der Waals surface area (Å²) in [7, 11) is 4.32. The number of benzene rings is 10. The molecule has 16 rings (SSSR count). The van der Waals surface area contributed by atoms with Crippen molar-refractivity contribution in [2.24, 2.45) is 0 Å². The lowest BCUT2D eigenvalue weighted by molar-refractivity contribution is 0.131. The maximum absolute atomic E-state index is 9.89. The Bertz CT molecular complexity index is 4380. The summed E-state index contributed by atoms with van der Waals surface area (Å²) >= 11 is 10.5. The maximum atomic E-state index is 9.89. The van der Waals surface area contributed by atoms with E-state index in [9.17, 15) is 5.11 Å². The first-order valence-electron chi connectivity index (χ1n) is 39.8. The molecule has 0 spiro atoms. The quantitative estimate of drug-likeness (QED) is 0.100. The van der Waals surface area contributed by atoms with Crippen LogP contribution in [0.1, 0.15) is 99.8 Å². The Hall–Kier alpha value is -3.59. The number of phenols is 1. The fourth-order valence-corrected chi connectivity index (χ4v) is 36.8. The number of rotatable bonds is 11. The topological polar surface area (TPSA) is 57.2 Å². The second-order valence-electron chi connectivity index (χ2n) is 32.4. The highest BCUT2D eigenvalue weighted by Crippen LogP contribution is 2.40. The maximum Gasteiger partial charge on any atom is 0.163 e. The molecule has 6 fully saturated rings. The molecule has 0 amide bonds. The molecule has 1 N–H and O–H groups in total. The van der Waals surface area contributed by atoms with E-state index in [0.29, 0.717) is 84.3 Å². The van der Waals surface area contributed by atoms with E-state index in [2.05, 4.69) is 318 Å². The van der Waals surface area contributed by atoms with Crippen LogP contribution in [0.2, 0.25) is 0 Å². The van der Waals surface area contributed by atoms with Crippen LogP contribution in [0, 0.1) is 0 Å². The number of thioether (sulfide) groups is 5. The van der Waals surface area contributed by atoms with Gasteiger partial charge in [0.2, 0.25) is 0 Å². The van der Waals surface area contributed by atoms with Crippen molar-refractivity contribution in [1.82, 2.24) is 0 Å². The fourth-order valence-electron chi connectivity index (χ4n) is 14.4. The molecule has 0 saturated carbocycles. The molecule has 6 aliphatic rings. The van der Waals surface area contributed by atoms with E-state index in [0.717, 1.165) is 30.1 Å². The average Bonchev–Trinajstić information content (AvgIpc) is 0.792. The first-order valence-corrected chi connectivity index (χ1v) is 55.0. The minimum Gasteiger partial charge on any atom is -0.507 e. The van der Waals surface area contributed by atoms with Gasteiger partial charge < -0.3 is 24.1 Å². The molecule has 10 aromatic rings. The van der Waals surface area contributed by atoms with Crippen LogP contribution in [0.25, 0.3) is 43.1 Å². The van der Waals surface area contributed by atoms with Gasteiger partial charge in [-0.1, -0.05) is 159 Å². The zero-order valence-corrected chi connectivity index (χ0v) is 77.4. The first-order chi connectivity index (χ1) is 53.5. The van der Waals surface area contributed by atoms with Crippen LogP contribution < -0.4 is 9.47 Å². The third kappa shape index (κ3) is 25.7. The molecule has 6 saturated heterocycles. The molecule has 5 nitrogen and oxygen atoms in total. The normalized spacial score (nSPS) is 17.5. The van der Waals surface area contributed by atoms with Crippen LogP contribution in [-0.4, -0.2) is 171 Å². The Kier molecular flexibility index (Phi) is 34.3. The predicted octanol–water partition coefficient (Wildman–Crippen LogP) is 23.2. The third-order valence-electron chi connectivity index (χ3n) is 20.2. The molecule has 10 aromatic carbocycles. The second kappa shape index (κ2) is 43.2. The number of aromatic hydroxyl groups is 1. The Morgan fingerprint density at radius 1 is 0.324 bits per heavy atom. The molecule has 0 radical (unpaired) electrons. The van der Waals surface area contributed by atoms with Crippen molar-refractivity contribution in [3.63, 3.8) is 0 Å². The van der Waals surface area contributed by atoms with E-state index in [1.165, 1.54) is 201 Å². The Morgan fingerprint density at radius 3 is 1.03 bits per heavy atom. The van der Waals surface area contributed by atoms with Gasteiger partial charge in [-0.15, -0.1) is 0 Å². The van der Waals surface area contributed by atoms with Gasteiger partial charge in [0.15, 0.2) is 29.4 Å². The summed E-state index contributed by atoms with van der Waals surface area (Å²) in [6.07, 6.45) is 0. The molecule has 0 atom stereocenters. The molecule has 111 heavy (non-hydrogen) atoms. The van der Waals surface area contributed by atoms with Crippen molar-refractivity contribution in [3.05, 3.63) is 211 Å². The highest BCUT2D eigenvalue weighted by Gasteiger charge is 2.34. The summed E-state index contributed by atoms with van der Waals surface area (Å²) in [4.78, 5) is 9.19. The van der Waals surface area contributed by atoms with E-state index in [1.807, 2.05) is 18.2 Å². The predicted molar refractivity (Wildman–Crippen MR) is 514 cm³/mol. The highest BCUT2D eigenvalue weighted by atomic mass is 32.2. The van der Waals surface area contributed by atoms with E-state index < -0.39 is 0 Å². The molecule has 594 valence electrons. The van der Waals surface area contributed by atoms with Gasteiger partial charge in [-0.2, -0.15) is 58.8 Å². The molecule has 0 unspecified atom stereocenters. The molecular formula is C95H124O5S11+6. The van der Waals surface area contributed by atoms with Gasteiger partial charge in [-0.3, -0.25) is 0 Å². The largest absolute Gasteiger partial charge is 0.507 e. The van der Waals surface area contributed by atoms with Crippen LogP contribution in [-0.2, 0) is 91.1 Å². The van der Waals surface area contributed by atoms with Gasteiger partial charge in [0.05, 0.1) is 19.8 Å². The average molecular weight is 1700 g/mol. The van der Waals surface area contributed by atoms with Gasteiger partial charge in [0.1, 0.15) is 98.5 Å². The first kappa shape index (κ1) is 88.2. The smallest absolute Gasteiger partial charge is 0.163 e. The van der Waals surface area contributed by atoms with Crippen molar-refractivity contribution >= 4 is 167 Å². The molecule has 0 bridgehead atoms. The Balaban J connectivity index is 0.000000132. The summed E-state index contributed by atoms with van der Waals surface area (Å²) < 4.78 is 22.3. The van der Waals surface area contributed by atoms with Gasteiger partial charge in [-0.05, 0) is 162 Å². The fraction of sp³-hybridized carbons (Fsp3) is 0.453. The standard InChI is InChI=1S/C18H23OS.C18H23S2.C17H21O2S2.C14H14OS2.C14H21OS2.C14H21S2/c2*1-18(2,3)16-8-9-17(20-12-10-19-11-13-20)15-7-5-4-6-14(15)16;1-18-8-9-19-16-6-7-17(21-12-10-20-11-13-21)15-5-3-2-4-14(15)16;15-13-5-6-14(17-9-7-16-8-10-17)12-4-2-1-3-11(12)13;1-14(2,3)15-12-4-6-13(7-5-12)17-10-8-16-9-11-17;1-14(2,3)12-4-6-13(7-5-12)16-10-8-15-9-11-16/h2*4-9H,10-13H2,1-3H3;2-7H,8-13H2,1H3;1-6H,7-10H2;4-7H,8-11H2,1-3H3;4-7H,8-11H2,1-3H3/q3*+1;;2*+1/p+1. The van der Waals surface area contributed by atoms with Crippen LogP contribution in [0.3, 0.4) is 0 Å². The summed E-state index contributed by atoms with van der Waals surface area (Å²) in [6.45, 7) is 30.0. The molecule has 0 aromatic heterocycles. The SMILES string of the molecule is CC(C)(C)Oc1ccc([S+]2CCSCC2)cc1.CC(C)(C)c1ccc([S+]2CCOCC2)c2ccccc12.CC(C)(C)c1ccc([S+]2CCSCC2)c2ccccc12.CC(C)(C)c1ccc([S+]2CCSCC2)cc1.COCCOc1ccc([S+]2CCSCC2)c2ccccc12.Oc1ccc([S+]2CCSCC2)c2ccccc12. The van der Waals surface area contributed by atoms with Crippen molar-refractivity contribution in [2.45, 2.75) is 134 Å². The van der Waals surface area contributed by atoms with Gasteiger partial charge >= 0.3 is 0 Å². The van der Waals surface area contributed by atoms with Gasteiger partial charge in [-0.25, -0.2) is 0 Å². The summed E-state index contributed by atoms with van der Waals surface area (Å²) in [6, 6.07) is 70.8. The Morgan fingerprint density at radius 2 is 0.649 bits per heavy atom. The van der Waals surface area contributed by atoms with E-state index in [-0.39, 0.29) is 21.8 Å². The van der Waals surface area contributed by atoms with Crippen LogP contribution in [0.5, 0.6) is 17.2 Å². The minimum absolute atomic E-state index is 0.106. The molecule has 6 aliphatic heterocycles. The zero-order valence-electron chi connectivity index (χ0n) is 68.4. The van der Waals surface area contributed by atoms with Gasteiger partial charge in [0, 0.05) is 162 Å². The highest BCUT2D eigenvalue weighted by molar-refractivity contribution is 8.07. The zero-order chi connectivity index (χ0) is 78.4. The molecular weight excluding hydrogens is 1570 g/mol. The number of hydrogen-bond acceptors (Lipinski definition) is 10. The lowest BCUT2D eigenvalue weighted by atomic mass is 9.84. The molecule has 16 heteroatoms. The number of fused-ring (bicyclic) bond motifs is 4. The summed E-state index contributed by atoms with van der Waals surface area (Å²) in [5.74, 6) is 31.3. The lowest BCUT2D eigenvalue weighted by Gasteiger charge is -2.23. The number of hydrogen-bond donors (Lipinski definition) is 1. The van der Waals surface area contributed by atoms with Crippen molar-refractivity contribution in [3.8, 4) is 17.2 Å². The van der Waals surface area contributed by atoms with Gasteiger partial charge in [0.25, 0.3) is 0 Å². The molecule has 0 aliphatic carbocycles. The van der Waals surface area contributed by atoms with Crippen molar-refractivity contribution < 1.29 is 24.1 Å². The number of methoxy groups -OCH3 is 1. The Labute approximate surface area is 707 Å². The van der Waals surface area contributed by atoms with E-state index >= 15 is 0 Å². The second-order valence-corrected chi connectivity index (χ2v) is 52.1. The minimum atomic E-state index is -0.106. The lowest BCUT2D eigenvalue weighted by Crippen LogP contribution is -2.26. The number of ether oxygens (including phenoxy) is 4. The van der Waals surface area contributed by atoms with E-state index in [4.69, 9.17) is 18.9 Å². The van der Waals surface area contributed by atoms with Crippen LogP contribution >= 0.6 is 58.8 Å². The van der Waals surface area contributed by atoms with Crippen LogP contribution in [0.15, 0.2) is 223 Å². The summed E-state index contributed by atoms with van der Waals surface area (Å²) in [5.41, 5.74) is 4.96. The van der Waals surface area contributed by atoms with E-state index in [1.54, 1.807) is 16.9 Å². The molecule has 6 heterocycles. The van der Waals surface area contributed by atoms with Crippen molar-refractivity contribution in [1.29, 1.82) is 0 Å². The number of phenolic OH excluding ortho intramolecular Hbond substituents is 1. The van der Waals surface area contributed by atoms with Crippen molar-refractivity contribution in [2.75, 3.05) is 160 Å². The van der Waals surface area contributed by atoms with Crippen LogP contribution in [0.4, 0.5) is 0 Å².